The molecule has 0 radical (unpaired) electrons. The summed E-state index contributed by atoms with van der Waals surface area (Å²) in [7, 11) is 14.2. The molecule has 0 aromatic carbocycles. The predicted octanol–water partition coefficient (Wildman–Crippen LogP) is 3.46. The minimum absolute atomic E-state index is 0.0264. The maximum atomic E-state index is 14.1. The van der Waals surface area contributed by atoms with Crippen molar-refractivity contribution in [1.29, 1.82) is 0 Å². The van der Waals surface area contributed by atoms with Gasteiger partial charge in [0.2, 0.25) is 65.0 Å². The summed E-state index contributed by atoms with van der Waals surface area (Å²) in [5.41, 5.74) is 5.82. The lowest BCUT2D eigenvalue weighted by atomic mass is 9.93. The highest BCUT2D eigenvalue weighted by atomic mass is 33.1. The molecule has 13 amide bonds. The van der Waals surface area contributed by atoms with Crippen LogP contribution in [0.4, 0.5) is 0 Å². The van der Waals surface area contributed by atoms with Crippen molar-refractivity contribution >= 4 is 186 Å². The summed E-state index contributed by atoms with van der Waals surface area (Å²) < 4.78 is 8.98. The summed E-state index contributed by atoms with van der Waals surface area (Å²) in [4.78, 5) is 223. The number of nitrogens with one attached hydrogen (secondary N) is 11. The summed E-state index contributed by atoms with van der Waals surface area (Å²) in [6.45, 7) is 21.5. The van der Waals surface area contributed by atoms with E-state index in [0.29, 0.717) is 25.7 Å². The monoisotopic (exact) mass is 1730 g/mol. The number of ketones is 4. The van der Waals surface area contributed by atoms with Crippen LogP contribution < -0.4 is 64.2 Å². The molecule has 13 N–H and O–H groups in total. The van der Waals surface area contributed by atoms with Gasteiger partial charge in [0, 0.05) is 145 Å². The second-order valence-electron chi connectivity index (χ2n) is 30.1. The van der Waals surface area contributed by atoms with Crippen LogP contribution in [0.3, 0.4) is 0 Å². The molecule has 1 rings (SSSR count). The van der Waals surface area contributed by atoms with E-state index in [1.54, 1.807) is 0 Å². The van der Waals surface area contributed by atoms with Gasteiger partial charge in [-0.15, -0.1) is 0 Å². The minimum Gasteiger partial charge on any atom is -0.384 e. The zero-order chi connectivity index (χ0) is 84.6. The summed E-state index contributed by atoms with van der Waals surface area (Å²) in [6, 6.07) is -3.19. The molecule has 636 valence electrons. The highest BCUT2D eigenvalue weighted by molar-refractivity contribution is 8.78. The Balaban J connectivity index is 3.21. The summed E-state index contributed by atoms with van der Waals surface area (Å²) >= 11 is 0. The van der Waals surface area contributed by atoms with Crippen molar-refractivity contribution in [2.75, 3.05) is 116 Å². The number of Topliss-reactive ketones (excluding diaryl/α,β-unsaturated/α-hetero) is 4. The van der Waals surface area contributed by atoms with Gasteiger partial charge in [-0.05, 0) is 32.1 Å². The van der Waals surface area contributed by atoms with E-state index in [2.05, 4.69) is 58.5 Å². The molecule has 1 aliphatic rings. The van der Waals surface area contributed by atoms with Crippen LogP contribution in [-0.4, -0.2) is 258 Å². The molecule has 0 aromatic heterocycles. The number of hydrogen-bond donors (Lipinski definition) is 12. The largest absolute Gasteiger partial charge is 0.384 e. The third-order valence-corrected chi connectivity index (χ3v) is 28.6. The maximum absolute atomic E-state index is 14.1. The number of rotatable bonds is 61. The fourth-order valence-corrected chi connectivity index (χ4v) is 19.5. The number of methoxy groups -OCH3 is 2. The number of ether oxygens (including phenoxy) is 2. The topological polar surface area (TPSA) is 470 Å². The molecule has 0 aliphatic carbocycles. The van der Waals surface area contributed by atoms with Gasteiger partial charge < -0.3 is 73.7 Å². The van der Waals surface area contributed by atoms with Gasteiger partial charge in [0.1, 0.15) is 17.9 Å². The normalized spacial score (nSPS) is 14.0. The second kappa shape index (κ2) is 56.7. The number of amides is 13. The smallest absolute Gasteiger partial charge is 0.253 e. The minimum atomic E-state index is -1.17. The van der Waals surface area contributed by atoms with Crippen LogP contribution in [0.15, 0.2) is 12.2 Å². The molecule has 112 heavy (non-hydrogen) atoms. The Morgan fingerprint density at radius 3 is 1.21 bits per heavy atom. The second-order valence-corrected chi connectivity index (χ2v) is 42.8. The Kier molecular flexibility index (Phi) is 52.8. The predicted molar refractivity (Wildman–Crippen MR) is 448 cm³/mol. The van der Waals surface area contributed by atoms with Crippen molar-refractivity contribution in [2.45, 2.75) is 204 Å². The van der Waals surface area contributed by atoms with Crippen LogP contribution in [0.5, 0.6) is 0 Å². The van der Waals surface area contributed by atoms with Crippen LogP contribution >= 0.6 is 86.4 Å². The molecule has 1 heterocycles. The fourth-order valence-electron chi connectivity index (χ4n) is 9.35. The molecule has 6 atom stereocenters. The quantitative estimate of drug-likeness (QED) is 0.0236. The average Bonchev–Trinajstić information content (AvgIpc) is 1.75. The lowest BCUT2D eigenvalue weighted by molar-refractivity contribution is -0.137. The SMILES string of the molecule is COCCC(=O)NCC(=O)C[C@@H](CSSC(C)(C)C)C(=O)NCC(=O)C[C@@H](CSSC(C)(C)C)C(=O)NCC(=O)CCC(=O)[C@@H](CCCCNC(=O)CNC(=O)[C@H](CSSC(C)(C)C)NC(=O)CNC(=O)[C@H](CSSC(C)(C)C)NC(=O)CNC(=O)CCOC)CN[C@@H](CCCCNC(=O)CCN1C(=O)C=CC1=O)C(N)=O. The van der Waals surface area contributed by atoms with E-state index in [1.807, 2.05) is 83.1 Å². The maximum Gasteiger partial charge on any atom is 0.253 e. The number of hydrogen-bond acceptors (Lipinski definition) is 28. The Morgan fingerprint density at radius 1 is 0.402 bits per heavy atom. The van der Waals surface area contributed by atoms with Gasteiger partial charge in [-0.1, -0.05) is 176 Å². The summed E-state index contributed by atoms with van der Waals surface area (Å²) in [6.07, 6.45) is 3.07. The Bertz CT molecular complexity index is 3130. The zero-order valence-electron chi connectivity index (χ0n) is 67.2. The first-order valence-corrected chi connectivity index (χ1v) is 46.3. The first-order valence-electron chi connectivity index (χ1n) is 37.0. The number of nitrogens with two attached hydrogens (primary N) is 1. The Hall–Kier alpha value is -5.59. The lowest BCUT2D eigenvalue weighted by Crippen LogP contribution is -2.54. The van der Waals surface area contributed by atoms with Gasteiger partial charge in [-0.2, -0.15) is 0 Å². The van der Waals surface area contributed by atoms with E-state index in [-0.39, 0.29) is 163 Å². The van der Waals surface area contributed by atoms with Gasteiger partial charge in [-0.25, -0.2) is 0 Å². The van der Waals surface area contributed by atoms with Gasteiger partial charge in [-0.3, -0.25) is 86.4 Å². The fraction of sp³-hybridized carbons (Fsp3) is 0.736. The zero-order valence-corrected chi connectivity index (χ0v) is 73.7. The van der Waals surface area contributed by atoms with Crippen LogP contribution in [0.2, 0.25) is 0 Å². The van der Waals surface area contributed by atoms with E-state index in [1.165, 1.54) is 101 Å². The lowest BCUT2D eigenvalue weighted by Gasteiger charge is -2.22. The highest BCUT2D eigenvalue weighted by Gasteiger charge is 2.32. The van der Waals surface area contributed by atoms with Crippen molar-refractivity contribution in [2.24, 2.45) is 23.5 Å². The van der Waals surface area contributed by atoms with Crippen molar-refractivity contribution < 1.29 is 91.0 Å². The third kappa shape index (κ3) is 53.5. The van der Waals surface area contributed by atoms with Gasteiger partial charge >= 0.3 is 0 Å². The van der Waals surface area contributed by atoms with Crippen LogP contribution in [0.1, 0.15) is 167 Å². The molecule has 0 saturated heterocycles. The molecule has 0 spiro atoms. The molecule has 40 heteroatoms. The highest BCUT2D eigenvalue weighted by Crippen LogP contribution is 2.39. The average molecular weight is 1730 g/mol. The molecule has 32 nitrogen and oxygen atoms in total. The third-order valence-electron chi connectivity index (χ3n) is 15.1. The molecule has 0 aromatic rings. The van der Waals surface area contributed by atoms with Crippen molar-refractivity contribution in [1.82, 2.24) is 63.4 Å². The van der Waals surface area contributed by atoms with E-state index in [0.717, 1.165) is 17.1 Å². The molecular weight excluding hydrogens is 1610 g/mol. The van der Waals surface area contributed by atoms with Gasteiger partial charge in [0.15, 0.2) is 17.3 Å². The first-order chi connectivity index (χ1) is 52.4. The number of unbranched alkanes of at least 4 members (excludes halogenated alkanes) is 2. The standard InChI is InChI=1S/C72H121N13O19S8/c1-69(2,3)109-105-42-47(33-50(87)37-77-57(91)26-31-103-13)66(100)80-38-51(88)34-48(43-106-110-70(4,5)6)65(99)79-36-49(86)21-22-55(89)46(35-76-52(64(73)98)20-16-18-28-74-56(90)25-30-85-62(96)23-24-63(85)97)19-15-17-29-75-59(93)39-81-67(101)53(44-107-111-71(7,8)9)84-61(95)41-82-68(102)54(45-108-112-72(10,11)12)83-60(94)40-78-58(92)27-32-104-14/h23-24,46-48,52-54,76H,15-22,25-45H2,1-14H3,(H2,73,98)(H,74,90)(H,75,93)(H,77,91)(H,78,92)(H,79,99)(H,80,100)(H,81,101)(H,82,102)(H,83,94)(H,84,95)/t46-,47-,48-,52-,53-,54-/m0/s1. The van der Waals surface area contributed by atoms with Crippen LogP contribution in [0.25, 0.3) is 0 Å². The number of carbonyl (C=O) groups excluding carboxylic acids is 17. The van der Waals surface area contributed by atoms with Crippen molar-refractivity contribution in [3.8, 4) is 0 Å². The summed E-state index contributed by atoms with van der Waals surface area (Å²) in [5, 5.41) is 29.1. The number of nitrogens with zero attached hydrogens (tertiary/aromatic N) is 1. The van der Waals surface area contributed by atoms with Crippen LogP contribution in [0, 0.1) is 17.8 Å². The number of imide groups is 1. The van der Waals surface area contributed by atoms with Gasteiger partial charge in [0.25, 0.3) is 11.8 Å². The Labute approximate surface area is 691 Å². The van der Waals surface area contributed by atoms with Gasteiger partial charge in [0.05, 0.1) is 70.4 Å². The molecule has 0 saturated carbocycles. The van der Waals surface area contributed by atoms with E-state index >= 15 is 0 Å². The van der Waals surface area contributed by atoms with E-state index in [4.69, 9.17) is 15.2 Å². The number of carbonyl (C=O) groups is 17. The van der Waals surface area contributed by atoms with Crippen LogP contribution in [-0.2, 0) is 91.0 Å². The summed E-state index contributed by atoms with van der Waals surface area (Å²) in [5.74, 6) is -11.2. The van der Waals surface area contributed by atoms with Crippen molar-refractivity contribution in [3.63, 3.8) is 0 Å². The Morgan fingerprint density at radius 2 is 0.777 bits per heavy atom. The molecule has 0 fully saturated rings. The molecular formula is C72H121N13O19S8. The molecule has 0 unspecified atom stereocenters. The molecule has 0 bridgehead atoms. The van der Waals surface area contributed by atoms with E-state index in [9.17, 15) is 81.5 Å². The first kappa shape index (κ1) is 104. The number of primary amides is 1. The van der Waals surface area contributed by atoms with Crippen molar-refractivity contribution in [3.05, 3.63) is 12.2 Å². The molecule has 1 aliphatic heterocycles. The van der Waals surface area contributed by atoms with E-state index < -0.39 is 151 Å².